The van der Waals surface area contributed by atoms with Gasteiger partial charge in [0.15, 0.2) is 12.4 Å². The lowest BCUT2D eigenvalue weighted by Gasteiger charge is -2.26. The summed E-state index contributed by atoms with van der Waals surface area (Å²) in [6.45, 7) is 10.9. The van der Waals surface area contributed by atoms with Gasteiger partial charge >= 0.3 is 18.3 Å². The molecule has 0 saturated carbocycles. The van der Waals surface area contributed by atoms with Crippen molar-refractivity contribution in [2.45, 2.75) is 118 Å². The van der Waals surface area contributed by atoms with Crippen molar-refractivity contribution in [1.29, 1.82) is 0 Å². The zero-order valence-electron chi connectivity index (χ0n) is 33.2. The Morgan fingerprint density at radius 2 is 1.66 bits per heavy atom. The summed E-state index contributed by atoms with van der Waals surface area (Å²) in [7, 11) is 0. The van der Waals surface area contributed by atoms with Crippen LogP contribution >= 0.6 is 0 Å². The number of allylic oxidation sites excluding steroid dienone is 3. The fraction of sp³-hybridized carbons (Fsp3) is 0.435. The second kappa shape index (κ2) is 17.2. The molecular weight excluding hydrogens is 721 g/mol. The third-order valence-electron chi connectivity index (χ3n) is 11.2. The number of rotatable bonds is 16. The lowest BCUT2D eigenvalue weighted by Crippen LogP contribution is -2.33. The SMILES string of the molecule is CCCCC(CC)Cn1c2ccc(C(NOC(C)=O)C3=C(OCC(F)(F)C(F)F)CCC=C3)cc2c2cc(C(=O)c3c(C)cc(C)cc3C)c3c(c21)C=CCC3. The number of aryl methyl sites for hydroxylation is 3. The van der Waals surface area contributed by atoms with E-state index in [2.05, 4.69) is 36.0 Å². The van der Waals surface area contributed by atoms with Gasteiger partial charge in [-0.2, -0.15) is 8.78 Å². The van der Waals surface area contributed by atoms with Gasteiger partial charge in [-0.1, -0.05) is 81.2 Å². The molecule has 1 aromatic heterocycles. The molecule has 0 spiro atoms. The first-order valence-corrected chi connectivity index (χ1v) is 19.8. The van der Waals surface area contributed by atoms with E-state index in [9.17, 15) is 27.2 Å². The van der Waals surface area contributed by atoms with Crippen molar-refractivity contribution in [3.05, 3.63) is 110 Å². The number of nitrogens with zero attached hydrogens (tertiary/aromatic N) is 1. The van der Waals surface area contributed by atoms with Crippen LogP contribution < -0.4 is 5.48 Å². The molecule has 0 fully saturated rings. The fourth-order valence-electron chi connectivity index (χ4n) is 8.43. The minimum Gasteiger partial charge on any atom is -0.491 e. The monoisotopic (exact) mass is 772 g/mol. The summed E-state index contributed by atoms with van der Waals surface area (Å²) in [4.78, 5) is 32.2. The van der Waals surface area contributed by atoms with Gasteiger partial charge in [0, 0.05) is 58.4 Å². The number of carbonyl (C=O) groups excluding carboxylic acids is 2. The summed E-state index contributed by atoms with van der Waals surface area (Å²) in [5.41, 5.74) is 12.2. The molecule has 1 N–H and O–H groups in total. The number of alkyl halides is 4. The van der Waals surface area contributed by atoms with Crippen molar-refractivity contribution in [2.24, 2.45) is 5.92 Å². The number of carbonyl (C=O) groups is 2. The number of unbranched alkanes of at least 4 members (excludes halogenated alkanes) is 1. The van der Waals surface area contributed by atoms with E-state index in [1.165, 1.54) is 6.92 Å². The normalized spacial score (nSPS) is 15.5. The van der Waals surface area contributed by atoms with Crippen molar-refractivity contribution in [3.8, 4) is 0 Å². The van der Waals surface area contributed by atoms with Crippen molar-refractivity contribution in [3.63, 3.8) is 0 Å². The summed E-state index contributed by atoms with van der Waals surface area (Å²) in [5.74, 6) is -4.46. The highest BCUT2D eigenvalue weighted by Crippen LogP contribution is 2.42. The Hall–Kier alpha value is -4.70. The Morgan fingerprint density at radius 3 is 2.34 bits per heavy atom. The molecule has 0 amide bonds. The first kappa shape index (κ1) is 40.9. The lowest BCUT2D eigenvalue weighted by atomic mass is 9.84. The molecular formula is C46H52F4N2O4. The number of hydrogen-bond donors (Lipinski definition) is 1. The second-order valence-electron chi connectivity index (χ2n) is 15.4. The highest BCUT2D eigenvalue weighted by atomic mass is 19.3. The number of hydroxylamine groups is 1. The van der Waals surface area contributed by atoms with Crippen LogP contribution in [0.5, 0.6) is 0 Å². The number of benzene rings is 3. The standard InChI is InChI=1S/C46H52F4N2O4/c1-7-9-14-31(8-2)25-52-39-20-19-32(42(51-56-30(6)53)35-17-12-13-18-40(35)55-26-46(49,50)45(47)48)23-36(39)37-24-38(33-15-10-11-16-34(33)43(37)52)44(54)41-28(4)21-27(3)22-29(41)5/h11-12,16-17,19-24,31,42,45,51H,7-10,13-15,18,25-26H2,1-6H3. The molecule has 6 nitrogen and oxygen atoms in total. The maximum atomic E-state index is 14.7. The van der Waals surface area contributed by atoms with E-state index in [1.54, 1.807) is 6.08 Å². The van der Waals surface area contributed by atoms with Crippen molar-refractivity contribution in [1.82, 2.24) is 10.0 Å². The lowest BCUT2D eigenvalue weighted by molar-refractivity contribution is -0.158. The van der Waals surface area contributed by atoms with Gasteiger partial charge < -0.3 is 14.1 Å². The van der Waals surface area contributed by atoms with Gasteiger partial charge in [-0.25, -0.2) is 8.78 Å². The van der Waals surface area contributed by atoms with E-state index in [1.807, 2.05) is 63.2 Å². The van der Waals surface area contributed by atoms with Gasteiger partial charge in [0.05, 0.1) is 11.6 Å². The van der Waals surface area contributed by atoms with Crippen LogP contribution in [0.1, 0.15) is 121 Å². The maximum absolute atomic E-state index is 14.7. The third-order valence-corrected chi connectivity index (χ3v) is 11.2. The molecule has 56 heavy (non-hydrogen) atoms. The Bertz CT molecular complexity index is 2210. The average Bonchev–Trinajstić information content (AvgIpc) is 3.47. The van der Waals surface area contributed by atoms with Crippen LogP contribution in [0.3, 0.4) is 0 Å². The highest BCUT2D eigenvalue weighted by Gasteiger charge is 2.42. The predicted molar refractivity (Wildman–Crippen MR) is 214 cm³/mol. The van der Waals surface area contributed by atoms with Gasteiger partial charge in [0.25, 0.3) is 0 Å². The summed E-state index contributed by atoms with van der Waals surface area (Å²) < 4.78 is 62.2. The van der Waals surface area contributed by atoms with Crippen LogP contribution in [-0.2, 0) is 27.3 Å². The van der Waals surface area contributed by atoms with Crippen LogP contribution in [-0.4, -0.2) is 35.3 Å². The smallest absolute Gasteiger partial charge is 0.340 e. The largest absolute Gasteiger partial charge is 0.491 e. The molecule has 10 heteroatoms. The minimum absolute atomic E-state index is 0.0193. The van der Waals surface area contributed by atoms with Crippen LogP contribution in [0.15, 0.2) is 66.0 Å². The molecule has 2 atom stereocenters. The zero-order chi connectivity index (χ0) is 40.3. The topological polar surface area (TPSA) is 69.6 Å². The number of nitrogens with one attached hydrogen (secondary N) is 1. The molecule has 4 aromatic rings. The van der Waals surface area contributed by atoms with Gasteiger partial charge in [-0.15, -0.1) is 5.48 Å². The van der Waals surface area contributed by atoms with Crippen LogP contribution in [0.25, 0.3) is 27.9 Å². The number of hydrogen-bond acceptors (Lipinski definition) is 5. The Morgan fingerprint density at radius 1 is 0.946 bits per heavy atom. The van der Waals surface area contributed by atoms with E-state index < -0.39 is 31.0 Å². The average molecular weight is 773 g/mol. The van der Waals surface area contributed by atoms with Crippen molar-refractivity contribution in [2.75, 3.05) is 6.61 Å². The second-order valence-corrected chi connectivity index (χ2v) is 15.4. The van der Waals surface area contributed by atoms with Gasteiger partial charge in [-0.3, -0.25) is 9.59 Å². The van der Waals surface area contributed by atoms with Gasteiger partial charge in [0.2, 0.25) is 0 Å². The molecule has 0 saturated heterocycles. The quantitative estimate of drug-likeness (QED) is 0.0698. The minimum atomic E-state index is -4.34. The summed E-state index contributed by atoms with van der Waals surface area (Å²) in [6.07, 6.45) is 10.5. The summed E-state index contributed by atoms with van der Waals surface area (Å²) in [6, 6.07) is 11.1. The first-order valence-electron chi connectivity index (χ1n) is 19.8. The summed E-state index contributed by atoms with van der Waals surface area (Å²) >= 11 is 0. The van der Waals surface area contributed by atoms with Crippen LogP contribution in [0, 0.1) is 26.7 Å². The molecule has 0 aliphatic heterocycles. The molecule has 1 heterocycles. The molecule has 2 unspecified atom stereocenters. The number of ether oxygens (including phenoxy) is 1. The van der Waals surface area contributed by atoms with Crippen LogP contribution in [0.2, 0.25) is 0 Å². The molecule has 3 aromatic carbocycles. The van der Waals surface area contributed by atoms with E-state index >= 15 is 0 Å². The zero-order valence-corrected chi connectivity index (χ0v) is 33.2. The third kappa shape index (κ3) is 8.36. The van der Waals surface area contributed by atoms with E-state index in [0.717, 1.165) is 94.7 Å². The highest BCUT2D eigenvalue weighted by molar-refractivity contribution is 6.18. The Kier molecular flexibility index (Phi) is 12.6. The van der Waals surface area contributed by atoms with Gasteiger partial charge in [-0.05, 0) is 92.8 Å². The molecule has 0 bridgehead atoms. The van der Waals surface area contributed by atoms with E-state index in [-0.39, 0.29) is 18.0 Å². The molecule has 6 rings (SSSR count). The molecule has 298 valence electrons. The fourth-order valence-corrected chi connectivity index (χ4v) is 8.43. The Balaban J connectivity index is 1.60. The van der Waals surface area contributed by atoms with Crippen LogP contribution in [0.4, 0.5) is 17.6 Å². The number of ketones is 1. The number of aromatic nitrogens is 1. The van der Waals surface area contributed by atoms with E-state index in [0.29, 0.717) is 34.6 Å². The number of fused-ring (bicyclic) bond motifs is 5. The summed E-state index contributed by atoms with van der Waals surface area (Å²) in [5, 5.41) is 1.77. The molecule has 2 aliphatic carbocycles. The van der Waals surface area contributed by atoms with Crippen molar-refractivity contribution < 1.29 is 36.7 Å². The van der Waals surface area contributed by atoms with Gasteiger partial charge in [0.1, 0.15) is 5.76 Å². The maximum Gasteiger partial charge on any atom is 0.340 e. The van der Waals surface area contributed by atoms with Crippen molar-refractivity contribution >= 4 is 39.6 Å². The predicted octanol–water partition coefficient (Wildman–Crippen LogP) is 11.8. The molecule has 0 radical (unpaired) electrons. The number of halogens is 4. The Labute approximate surface area is 326 Å². The molecule has 2 aliphatic rings. The van der Waals surface area contributed by atoms with E-state index in [4.69, 9.17) is 9.57 Å². The first-order chi connectivity index (χ1) is 26.7.